The van der Waals surface area contributed by atoms with Crippen LogP contribution in [-0.2, 0) is 11.3 Å². The molecule has 1 heterocycles. The summed E-state index contributed by atoms with van der Waals surface area (Å²) < 4.78 is 1.91. The Labute approximate surface area is 123 Å². The molecule has 1 unspecified atom stereocenters. The lowest BCUT2D eigenvalue weighted by molar-refractivity contribution is -0.142. The van der Waals surface area contributed by atoms with Crippen molar-refractivity contribution >= 4 is 12.0 Å². The molecule has 1 saturated carbocycles. The molecule has 3 N–H and O–H groups in total. The molecule has 0 aromatic carbocycles. The quantitative estimate of drug-likeness (QED) is 0.760. The number of hydrogen-bond acceptors (Lipinski definition) is 3. The van der Waals surface area contributed by atoms with Crippen molar-refractivity contribution in [1.82, 2.24) is 20.2 Å². The fraction of sp³-hybridized carbons (Fsp3) is 0.643. The number of carboxylic acids is 1. The average Bonchev–Trinajstić information content (AvgIpc) is 2.91. The maximum absolute atomic E-state index is 11.9. The van der Waals surface area contributed by atoms with Crippen molar-refractivity contribution in [3.05, 3.63) is 18.7 Å². The molecule has 21 heavy (non-hydrogen) atoms. The molecule has 1 aliphatic rings. The van der Waals surface area contributed by atoms with E-state index in [9.17, 15) is 9.59 Å². The lowest BCUT2D eigenvalue weighted by atomic mass is 9.86. The van der Waals surface area contributed by atoms with Crippen LogP contribution in [0.5, 0.6) is 0 Å². The maximum Gasteiger partial charge on any atom is 0.315 e. The van der Waals surface area contributed by atoms with E-state index in [1.807, 2.05) is 17.7 Å². The number of imidazole rings is 1. The van der Waals surface area contributed by atoms with E-state index in [0.29, 0.717) is 19.4 Å². The van der Waals surface area contributed by atoms with Gasteiger partial charge < -0.3 is 20.3 Å². The van der Waals surface area contributed by atoms with Gasteiger partial charge in [-0.3, -0.25) is 4.79 Å². The smallest absolute Gasteiger partial charge is 0.315 e. The van der Waals surface area contributed by atoms with E-state index < -0.39 is 5.97 Å². The lowest BCUT2D eigenvalue weighted by Gasteiger charge is -2.27. The SMILES string of the molecule is CC(Cn1ccnc1)NC(=O)NC1CCC(C(=O)O)CC1. The van der Waals surface area contributed by atoms with E-state index in [1.165, 1.54) is 0 Å². The molecule has 1 fully saturated rings. The minimum atomic E-state index is -0.730. The van der Waals surface area contributed by atoms with Gasteiger partial charge in [0, 0.05) is 31.0 Å². The number of aliphatic carboxylic acids is 1. The first-order valence-corrected chi connectivity index (χ1v) is 7.30. The Hall–Kier alpha value is -2.05. The van der Waals surface area contributed by atoms with Crippen molar-refractivity contribution < 1.29 is 14.7 Å². The molecule has 0 bridgehead atoms. The summed E-state index contributed by atoms with van der Waals surface area (Å²) in [6, 6.07) is -0.128. The predicted molar refractivity (Wildman–Crippen MR) is 76.7 cm³/mol. The van der Waals surface area contributed by atoms with Gasteiger partial charge in [-0.15, -0.1) is 0 Å². The summed E-state index contributed by atoms with van der Waals surface area (Å²) >= 11 is 0. The minimum Gasteiger partial charge on any atom is -0.481 e. The van der Waals surface area contributed by atoms with Crippen LogP contribution in [0.1, 0.15) is 32.6 Å². The zero-order valence-electron chi connectivity index (χ0n) is 12.2. The lowest BCUT2D eigenvalue weighted by Crippen LogP contribution is -2.47. The largest absolute Gasteiger partial charge is 0.481 e. The second-order valence-corrected chi connectivity index (χ2v) is 5.67. The average molecular weight is 294 g/mol. The Kier molecular flexibility index (Phi) is 5.19. The van der Waals surface area contributed by atoms with Crippen LogP contribution >= 0.6 is 0 Å². The van der Waals surface area contributed by atoms with Crippen LogP contribution in [0, 0.1) is 5.92 Å². The van der Waals surface area contributed by atoms with Crippen molar-refractivity contribution in [2.24, 2.45) is 5.92 Å². The number of aromatic nitrogens is 2. The van der Waals surface area contributed by atoms with Gasteiger partial charge in [0.15, 0.2) is 0 Å². The van der Waals surface area contributed by atoms with Gasteiger partial charge >= 0.3 is 12.0 Å². The third-order valence-electron chi connectivity index (χ3n) is 3.83. The van der Waals surface area contributed by atoms with Crippen LogP contribution in [0.25, 0.3) is 0 Å². The van der Waals surface area contributed by atoms with Gasteiger partial charge in [0.2, 0.25) is 0 Å². The Morgan fingerprint density at radius 1 is 1.38 bits per heavy atom. The highest BCUT2D eigenvalue weighted by Gasteiger charge is 2.26. The van der Waals surface area contributed by atoms with Crippen molar-refractivity contribution in [3.8, 4) is 0 Å². The zero-order chi connectivity index (χ0) is 15.2. The van der Waals surface area contributed by atoms with E-state index in [1.54, 1.807) is 12.5 Å². The molecule has 0 saturated heterocycles. The Bertz CT molecular complexity index is 467. The number of amides is 2. The molecule has 0 aliphatic heterocycles. The third kappa shape index (κ3) is 4.77. The van der Waals surface area contributed by atoms with Gasteiger partial charge in [0.05, 0.1) is 12.2 Å². The van der Waals surface area contributed by atoms with E-state index >= 15 is 0 Å². The fourth-order valence-corrected chi connectivity index (χ4v) is 2.69. The first kappa shape index (κ1) is 15.3. The summed E-state index contributed by atoms with van der Waals surface area (Å²) in [5, 5.41) is 14.7. The first-order valence-electron chi connectivity index (χ1n) is 7.30. The highest BCUT2D eigenvalue weighted by atomic mass is 16.4. The van der Waals surface area contributed by atoms with E-state index in [2.05, 4.69) is 15.6 Å². The van der Waals surface area contributed by atoms with Crippen LogP contribution in [0.3, 0.4) is 0 Å². The second-order valence-electron chi connectivity index (χ2n) is 5.67. The van der Waals surface area contributed by atoms with Gasteiger partial charge in [-0.05, 0) is 32.6 Å². The van der Waals surface area contributed by atoms with Gasteiger partial charge in [-0.1, -0.05) is 0 Å². The first-order chi connectivity index (χ1) is 10.0. The Morgan fingerprint density at radius 2 is 2.10 bits per heavy atom. The number of rotatable bonds is 5. The molecule has 0 spiro atoms. The van der Waals surface area contributed by atoms with Crippen molar-refractivity contribution in [3.63, 3.8) is 0 Å². The number of carboxylic acid groups (broad SMARTS) is 1. The van der Waals surface area contributed by atoms with E-state index in [4.69, 9.17) is 5.11 Å². The minimum absolute atomic E-state index is 0.00504. The zero-order valence-corrected chi connectivity index (χ0v) is 12.2. The standard InChI is InChI=1S/C14H22N4O3/c1-10(8-18-7-6-15-9-18)16-14(21)17-12-4-2-11(3-5-12)13(19)20/h6-7,9-12H,2-5,8H2,1H3,(H,19,20)(H2,16,17,21). The summed E-state index contributed by atoms with van der Waals surface area (Å²) in [7, 11) is 0. The van der Waals surface area contributed by atoms with Crippen LogP contribution in [-0.4, -0.2) is 38.7 Å². The van der Waals surface area contributed by atoms with E-state index in [0.717, 1.165) is 12.8 Å². The molecule has 2 rings (SSSR count). The maximum atomic E-state index is 11.9. The highest BCUT2D eigenvalue weighted by Crippen LogP contribution is 2.24. The van der Waals surface area contributed by atoms with Gasteiger partial charge in [-0.25, -0.2) is 9.78 Å². The summed E-state index contributed by atoms with van der Waals surface area (Å²) in [6.07, 6.45) is 7.97. The molecule has 2 amide bonds. The number of carbonyl (C=O) groups excluding carboxylic acids is 1. The Morgan fingerprint density at radius 3 is 2.67 bits per heavy atom. The molecule has 1 aromatic rings. The third-order valence-corrected chi connectivity index (χ3v) is 3.83. The van der Waals surface area contributed by atoms with Crippen molar-refractivity contribution in [1.29, 1.82) is 0 Å². The van der Waals surface area contributed by atoms with Crippen LogP contribution in [0.15, 0.2) is 18.7 Å². The topological polar surface area (TPSA) is 96.3 Å². The molecular weight excluding hydrogens is 272 g/mol. The number of urea groups is 1. The molecule has 0 radical (unpaired) electrons. The Balaban J connectivity index is 1.69. The van der Waals surface area contributed by atoms with Crippen LogP contribution in [0.2, 0.25) is 0 Å². The molecular formula is C14H22N4O3. The number of nitrogens with one attached hydrogen (secondary N) is 2. The number of carbonyl (C=O) groups is 2. The van der Waals surface area contributed by atoms with Gasteiger partial charge in [0.1, 0.15) is 0 Å². The summed E-state index contributed by atoms with van der Waals surface area (Å²) in [5.41, 5.74) is 0. The molecule has 116 valence electrons. The van der Waals surface area contributed by atoms with Gasteiger partial charge in [-0.2, -0.15) is 0 Å². The summed E-state index contributed by atoms with van der Waals surface area (Å²) in [5.74, 6) is -0.988. The van der Waals surface area contributed by atoms with Crippen molar-refractivity contribution in [2.45, 2.75) is 51.2 Å². The molecule has 7 nitrogen and oxygen atoms in total. The van der Waals surface area contributed by atoms with E-state index in [-0.39, 0.29) is 24.0 Å². The predicted octanol–water partition coefficient (Wildman–Crippen LogP) is 1.21. The molecule has 1 aliphatic carbocycles. The summed E-state index contributed by atoms with van der Waals surface area (Å²) in [6.45, 7) is 2.60. The monoisotopic (exact) mass is 294 g/mol. The van der Waals surface area contributed by atoms with Crippen LogP contribution in [0.4, 0.5) is 4.79 Å². The van der Waals surface area contributed by atoms with Crippen LogP contribution < -0.4 is 10.6 Å². The second kappa shape index (κ2) is 7.10. The number of nitrogens with zero attached hydrogens (tertiary/aromatic N) is 2. The summed E-state index contributed by atoms with van der Waals surface area (Å²) in [4.78, 5) is 26.7. The highest BCUT2D eigenvalue weighted by molar-refractivity contribution is 5.74. The number of hydrogen-bond donors (Lipinski definition) is 3. The molecule has 1 aromatic heterocycles. The molecule has 1 atom stereocenters. The molecule has 7 heteroatoms. The fourth-order valence-electron chi connectivity index (χ4n) is 2.69. The normalized spacial score (nSPS) is 23.3. The van der Waals surface area contributed by atoms with Gasteiger partial charge in [0.25, 0.3) is 0 Å². The van der Waals surface area contributed by atoms with Crippen molar-refractivity contribution in [2.75, 3.05) is 0 Å².